The van der Waals surface area contributed by atoms with Crippen LogP contribution < -0.4 is 5.32 Å². The van der Waals surface area contributed by atoms with Gasteiger partial charge in [-0.25, -0.2) is 9.37 Å². The number of hydrogen-bond donors (Lipinski definition) is 1. The highest BCUT2D eigenvalue weighted by Crippen LogP contribution is 2.37. The van der Waals surface area contributed by atoms with E-state index in [2.05, 4.69) is 24.1 Å². The molecule has 1 heterocycles. The molecule has 0 spiro atoms. The molecular formula is C15H19FN2S. The second-order valence-corrected chi connectivity index (χ2v) is 7.26. The molecule has 1 unspecified atom stereocenters. The summed E-state index contributed by atoms with van der Waals surface area (Å²) in [5, 5.41) is 4.45. The number of nitrogens with zero attached hydrogens (tertiary/aromatic N) is 1. The lowest BCUT2D eigenvalue weighted by molar-refractivity contribution is 0.229. The number of aromatic nitrogens is 1. The second-order valence-electron chi connectivity index (χ2n) is 6.23. The van der Waals surface area contributed by atoms with Crippen LogP contribution in [-0.2, 0) is 0 Å². The monoisotopic (exact) mass is 278 g/mol. The standard InChI is InChI=1S/C15H19FN2S/c1-15(2)7-3-4-11(9-15)17-14-18-12-6-5-10(16)8-13(12)19-14/h5-6,8,11H,3-4,7,9H2,1-2H3,(H,17,18). The molecule has 1 aliphatic carbocycles. The second kappa shape index (κ2) is 4.75. The Labute approximate surface area is 117 Å². The molecule has 2 nitrogen and oxygen atoms in total. The maximum atomic E-state index is 13.2. The van der Waals surface area contributed by atoms with Crippen LogP contribution in [0, 0.1) is 11.2 Å². The molecular weight excluding hydrogens is 259 g/mol. The molecule has 0 saturated heterocycles. The Kier molecular flexibility index (Phi) is 3.21. The normalized spacial score (nSPS) is 22.6. The van der Waals surface area contributed by atoms with E-state index in [0.29, 0.717) is 11.5 Å². The van der Waals surface area contributed by atoms with Gasteiger partial charge in [0.25, 0.3) is 0 Å². The van der Waals surface area contributed by atoms with E-state index in [4.69, 9.17) is 0 Å². The van der Waals surface area contributed by atoms with Gasteiger partial charge in [0.05, 0.1) is 10.2 Å². The van der Waals surface area contributed by atoms with Crippen LogP contribution in [0.4, 0.5) is 9.52 Å². The van der Waals surface area contributed by atoms with Gasteiger partial charge in [0.1, 0.15) is 5.82 Å². The molecule has 1 atom stereocenters. The Morgan fingerprint density at radius 2 is 2.26 bits per heavy atom. The SMILES string of the molecule is CC1(C)CCCC(Nc2nc3ccc(F)cc3s2)C1. The Hall–Kier alpha value is -1.16. The Morgan fingerprint density at radius 3 is 3.05 bits per heavy atom. The number of anilines is 1. The highest BCUT2D eigenvalue weighted by molar-refractivity contribution is 7.22. The first kappa shape index (κ1) is 12.9. The Bertz CT molecular complexity index is 591. The van der Waals surface area contributed by atoms with E-state index in [1.807, 2.05) is 0 Å². The van der Waals surface area contributed by atoms with Gasteiger partial charge >= 0.3 is 0 Å². The van der Waals surface area contributed by atoms with E-state index in [1.54, 1.807) is 23.5 Å². The van der Waals surface area contributed by atoms with E-state index >= 15 is 0 Å². The van der Waals surface area contributed by atoms with Crippen molar-refractivity contribution in [2.24, 2.45) is 5.41 Å². The maximum absolute atomic E-state index is 13.2. The molecule has 0 amide bonds. The fourth-order valence-corrected chi connectivity index (χ4v) is 3.92. The lowest BCUT2D eigenvalue weighted by Crippen LogP contribution is -2.31. The molecule has 3 rings (SSSR count). The lowest BCUT2D eigenvalue weighted by atomic mass is 9.75. The first-order valence-corrected chi connectivity index (χ1v) is 7.66. The molecule has 19 heavy (non-hydrogen) atoms. The summed E-state index contributed by atoms with van der Waals surface area (Å²) in [7, 11) is 0. The summed E-state index contributed by atoms with van der Waals surface area (Å²) in [5.41, 5.74) is 1.29. The van der Waals surface area contributed by atoms with Crippen molar-refractivity contribution in [3.63, 3.8) is 0 Å². The number of benzene rings is 1. The average molecular weight is 278 g/mol. The van der Waals surface area contributed by atoms with Gasteiger partial charge in [-0.2, -0.15) is 0 Å². The molecule has 0 aliphatic heterocycles. The predicted octanol–water partition coefficient (Wildman–Crippen LogP) is 4.82. The minimum absolute atomic E-state index is 0.193. The van der Waals surface area contributed by atoms with E-state index in [0.717, 1.165) is 15.3 Å². The third-order valence-corrected chi connectivity index (χ3v) is 4.83. The van der Waals surface area contributed by atoms with Gasteiger partial charge in [-0.3, -0.25) is 0 Å². The molecule has 0 radical (unpaired) electrons. The molecule has 1 N–H and O–H groups in total. The first-order chi connectivity index (χ1) is 9.02. The minimum Gasteiger partial charge on any atom is -0.359 e. The molecule has 102 valence electrons. The van der Waals surface area contributed by atoms with Gasteiger partial charge in [-0.1, -0.05) is 31.6 Å². The van der Waals surface area contributed by atoms with E-state index in [-0.39, 0.29) is 5.82 Å². The summed E-state index contributed by atoms with van der Waals surface area (Å²) in [5.74, 6) is -0.193. The summed E-state index contributed by atoms with van der Waals surface area (Å²) in [6.07, 6.45) is 4.95. The smallest absolute Gasteiger partial charge is 0.184 e. The fraction of sp³-hybridized carbons (Fsp3) is 0.533. The maximum Gasteiger partial charge on any atom is 0.184 e. The topological polar surface area (TPSA) is 24.9 Å². The Morgan fingerprint density at radius 1 is 1.42 bits per heavy atom. The lowest BCUT2D eigenvalue weighted by Gasteiger charge is -2.35. The number of thiazole rings is 1. The molecule has 2 aromatic rings. The van der Waals surface area contributed by atoms with Crippen LogP contribution in [0.3, 0.4) is 0 Å². The van der Waals surface area contributed by atoms with Crippen LogP contribution in [0.1, 0.15) is 39.5 Å². The van der Waals surface area contributed by atoms with Crippen molar-refractivity contribution in [2.45, 2.75) is 45.6 Å². The van der Waals surface area contributed by atoms with Crippen molar-refractivity contribution in [3.05, 3.63) is 24.0 Å². The molecule has 1 aromatic heterocycles. The summed E-state index contributed by atoms with van der Waals surface area (Å²) >= 11 is 1.54. The summed E-state index contributed by atoms with van der Waals surface area (Å²) in [4.78, 5) is 4.54. The van der Waals surface area contributed by atoms with Gasteiger partial charge in [0.15, 0.2) is 5.13 Å². The van der Waals surface area contributed by atoms with Crippen molar-refractivity contribution in [2.75, 3.05) is 5.32 Å². The average Bonchev–Trinajstić information content (AvgIpc) is 2.68. The van der Waals surface area contributed by atoms with Crippen LogP contribution in [0.5, 0.6) is 0 Å². The number of rotatable bonds is 2. The summed E-state index contributed by atoms with van der Waals surface area (Å²) in [6.45, 7) is 4.66. The van der Waals surface area contributed by atoms with Gasteiger partial charge in [0.2, 0.25) is 0 Å². The van der Waals surface area contributed by atoms with Crippen molar-refractivity contribution < 1.29 is 4.39 Å². The first-order valence-electron chi connectivity index (χ1n) is 6.84. The third-order valence-electron chi connectivity index (χ3n) is 3.88. The van der Waals surface area contributed by atoms with Crippen LogP contribution in [0.25, 0.3) is 10.2 Å². The molecule has 1 aromatic carbocycles. The van der Waals surface area contributed by atoms with Crippen LogP contribution in [0.15, 0.2) is 18.2 Å². The van der Waals surface area contributed by atoms with Crippen molar-refractivity contribution in [3.8, 4) is 0 Å². The van der Waals surface area contributed by atoms with Crippen LogP contribution >= 0.6 is 11.3 Å². The van der Waals surface area contributed by atoms with E-state index < -0.39 is 0 Å². The zero-order valence-electron chi connectivity index (χ0n) is 11.4. The Balaban J connectivity index is 1.77. The zero-order valence-corrected chi connectivity index (χ0v) is 12.2. The van der Waals surface area contributed by atoms with Gasteiger partial charge in [-0.05, 0) is 42.9 Å². The van der Waals surface area contributed by atoms with Crippen molar-refractivity contribution in [1.82, 2.24) is 4.98 Å². The van der Waals surface area contributed by atoms with Gasteiger partial charge in [-0.15, -0.1) is 0 Å². The van der Waals surface area contributed by atoms with Crippen LogP contribution in [0.2, 0.25) is 0 Å². The van der Waals surface area contributed by atoms with Crippen molar-refractivity contribution >= 4 is 26.7 Å². The molecule has 1 saturated carbocycles. The highest BCUT2D eigenvalue weighted by atomic mass is 32.1. The van der Waals surface area contributed by atoms with E-state index in [1.165, 1.54) is 31.7 Å². The number of nitrogens with one attached hydrogen (secondary N) is 1. The quantitative estimate of drug-likeness (QED) is 0.852. The van der Waals surface area contributed by atoms with Gasteiger partial charge < -0.3 is 5.32 Å². The van der Waals surface area contributed by atoms with Crippen LogP contribution in [-0.4, -0.2) is 11.0 Å². The molecule has 4 heteroatoms. The van der Waals surface area contributed by atoms with Crippen molar-refractivity contribution in [1.29, 1.82) is 0 Å². The van der Waals surface area contributed by atoms with E-state index in [9.17, 15) is 4.39 Å². The molecule has 1 aliphatic rings. The minimum atomic E-state index is -0.193. The molecule has 1 fully saturated rings. The number of hydrogen-bond acceptors (Lipinski definition) is 3. The summed E-state index contributed by atoms with van der Waals surface area (Å²) < 4.78 is 14.1. The zero-order chi connectivity index (χ0) is 13.5. The van der Waals surface area contributed by atoms with Gasteiger partial charge in [0, 0.05) is 6.04 Å². The third kappa shape index (κ3) is 2.89. The predicted molar refractivity (Wildman–Crippen MR) is 79.2 cm³/mol. The number of halogens is 1. The summed E-state index contributed by atoms with van der Waals surface area (Å²) in [6, 6.07) is 5.27. The largest absolute Gasteiger partial charge is 0.359 e. The highest BCUT2D eigenvalue weighted by Gasteiger charge is 2.28. The number of fused-ring (bicyclic) bond motifs is 1. The molecule has 0 bridgehead atoms. The fourth-order valence-electron chi connectivity index (χ4n) is 2.96.